The molecule has 1 aromatic heterocycles. The van der Waals surface area contributed by atoms with E-state index < -0.39 is 10.0 Å². The van der Waals surface area contributed by atoms with Crippen LogP contribution in [0.5, 0.6) is 0 Å². The van der Waals surface area contributed by atoms with E-state index in [1.54, 1.807) is 21.4 Å². The van der Waals surface area contributed by atoms with Crippen molar-refractivity contribution in [3.63, 3.8) is 0 Å². The molecule has 1 fully saturated rings. The SMILES string of the molecule is O=S(=O)(c1ccc2c(c1)CCC2)N1CCC[C@H](Cn2cncn2)C1. The topological polar surface area (TPSA) is 68.1 Å². The number of benzene rings is 1. The molecule has 0 radical (unpaired) electrons. The number of aryl methyl sites for hydroxylation is 2. The van der Waals surface area contributed by atoms with Crippen molar-refractivity contribution in [2.45, 2.75) is 43.5 Å². The second-order valence-electron chi connectivity index (χ2n) is 6.77. The van der Waals surface area contributed by atoms with Gasteiger partial charge in [0.2, 0.25) is 10.0 Å². The summed E-state index contributed by atoms with van der Waals surface area (Å²) in [4.78, 5) is 4.40. The Morgan fingerprint density at radius 2 is 2.04 bits per heavy atom. The molecule has 128 valence electrons. The normalized spacial score (nSPS) is 21.8. The summed E-state index contributed by atoms with van der Waals surface area (Å²) >= 11 is 0. The second kappa shape index (κ2) is 6.29. The average molecular weight is 346 g/mol. The van der Waals surface area contributed by atoms with Crippen LogP contribution in [0.2, 0.25) is 0 Å². The first-order valence-corrected chi connectivity index (χ1v) is 10.0. The van der Waals surface area contributed by atoms with Gasteiger partial charge in [-0.2, -0.15) is 9.40 Å². The van der Waals surface area contributed by atoms with Crippen LogP contribution in [0.15, 0.2) is 35.7 Å². The number of fused-ring (bicyclic) bond motifs is 1. The van der Waals surface area contributed by atoms with Crippen molar-refractivity contribution in [3.05, 3.63) is 42.0 Å². The van der Waals surface area contributed by atoms with E-state index in [1.807, 2.05) is 12.1 Å². The third-order valence-electron chi connectivity index (χ3n) is 5.10. The lowest BCUT2D eigenvalue weighted by Crippen LogP contribution is -2.41. The molecule has 1 aromatic carbocycles. The molecule has 2 aromatic rings. The summed E-state index contributed by atoms with van der Waals surface area (Å²) in [5.41, 5.74) is 2.50. The highest BCUT2D eigenvalue weighted by Gasteiger charge is 2.31. The van der Waals surface area contributed by atoms with Crippen LogP contribution in [-0.2, 0) is 29.4 Å². The minimum absolute atomic E-state index is 0.282. The maximum atomic E-state index is 13.0. The maximum Gasteiger partial charge on any atom is 0.243 e. The fourth-order valence-corrected chi connectivity index (χ4v) is 5.45. The molecule has 1 aliphatic carbocycles. The van der Waals surface area contributed by atoms with E-state index in [-0.39, 0.29) is 5.92 Å². The number of rotatable bonds is 4. The predicted octanol–water partition coefficient (Wildman–Crippen LogP) is 1.87. The Hall–Kier alpha value is -1.73. The molecule has 0 unspecified atom stereocenters. The number of piperidine rings is 1. The van der Waals surface area contributed by atoms with Gasteiger partial charge in [-0.1, -0.05) is 6.07 Å². The van der Waals surface area contributed by atoms with Gasteiger partial charge in [0.25, 0.3) is 0 Å². The Kier molecular flexibility index (Phi) is 4.14. The number of sulfonamides is 1. The second-order valence-corrected chi connectivity index (χ2v) is 8.71. The van der Waals surface area contributed by atoms with Gasteiger partial charge in [-0.15, -0.1) is 0 Å². The summed E-state index contributed by atoms with van der Waals surface area (Å²) in [6.45, 7) is 1.88. The summed E-state index contributed by atoms with van der Waals surface area (Å²) in [5, 5.41) is 4.13. The highest BCUT2D eigenvalue weighted by Crippen LogP contribution is 2.28. The van der Waals surface area contributed by atoms with Crippen LogP contribution in [0, 0.1) is 5.92 Å². The van der Waals surface area contributed by atoms with Gasteiger partial charge in [0, 0.05) is 19.6 Å². The monoisotopic (exact) mass is 346 g/mol. The summed E-state index contributed by atoms with van der Waals surface area (Å²) in [6.07, 6.45) is 8.31. The molecule has 0 amide bonds. The van der Waals surface area contributed by atoms with Crippen molar-refractivity contribution in [2.75, 3.05) is 13.1 Å². The summed E-state index contributed by atoms with van der Waals surface area (Å²) in [7, 11) is -3.41. The van der Waals surface area contributed by atoms with E-state index in [4.69, 9.17) is 0 Å². The lowest BCUT2D eigenvalue weighted by Gasteiger charge is -2.31. The van der Waals surface area contributed by atoms with Crippen LogP contribution in [0.4, 0.5) is 0 Å². The van der Waals surface area contributed by atoms with Crippen LogP contribution < -0.4 is 0 Å². The summed E-state index contributed by atoms with van der Waals surface area (Å²) < 4.78 is 29.5. The Labute approximate surface area is 142 Å². The van der Waals surface area contributed by atoms with Crippen molar-refractivity contribution in [2.24, 2.45) is 5.92 Å². The van der Waals surface area contributed by atoms with Gasteiger partial charge in [0.15, 0.2) is 0 Å². The Morgan fingerprint density at radius 1 is 1.17 bits per heavy atom. The molecule has 0 bridgehead atoms. The first kappa shape index (κ1) is 15.8. The maximum absolute atomic E-state index is 13.0. The molecule has 0 N–H and O–H groups in total. The molecule has 1 atom stereocenters. The Bertz CT molecular complexity index is 817. The van der Waals surface area contributed by atoms with Crippen molar-refractivity contribution in [1.82, 2.24) is 19.1 Å². The lowest BCUT2D eigenvalue weighted by atomic mass is 10.00. The number of nitrogens with zero attached hydrogens (tertiary/aromatic N) is 4. The van der Waals surface area contributed by atoms with Crippen LogP contribution in [0.3, 0.4) is 0 Å². The number of aromatic nitrogens is 3. The van der Waals surface area contributed by atoms with Crippen LogP contribution in [0.1, 0.15) is 30.4 Å². The molecular weight excluding hydrogens is 324 g/mol. The first-order valence-electron chi connectivity index (χ1n) is 8.57. The van der Waals surface area contributed by atoms with Crippen LogP contribution >= 0.6 is 0 Å². The van der Waals surface area contributed by atoms with Gasteiger partial charge in [-0.25, -0.2) is 13.4 Å². The third-order valence-corrected chi connectivity index (χ3v) is 6.96. The zero-order valence-electron chi connectivity index (χ0n) is 13.6. The summed E-state index contributed by atoms with van der Waals surface area (Å²) in [5.74, 6) is 0.282. The molecule has 2 heterocycles. The number of hydrogen-bond acceptors (Lipinski definition) is 4. The summed E-state index contributed by atoms with van der Waals surface area (Å²) in [6, 6.07) is 5.66. The van der Waals surface area contributed by atoms with Gasteiger partial charge < -0.3 is 0 Å². The molecular formula is C17H22N4O2S. The first-order chi connectivity index (χ1) is 11.6. The van der Waals surface area contributed by atoms with Crippen LogP contribution in [0.25, 0.3) is 0 Å². The highest BCUT2D eigenvalue weighted by atomic mass is 32.2. The van der Waals surface area contributed by atoms with Gasteiger partial charge >= 0.3 is 0 Å². The highest BCUT2D eigenvalue weighted by molar-refractivity contribution is 7.89. The largest absolute Gasteiger partial charge is 0.253 e. The zero-order valence-corrected chi connectivity index (χ0v) is 14.5. The van der Waals surface area contributed by atoms with E-state index in [1.165, 1.54) is 17.5 Å². The van der Waals surface area contributed by atoms with Gasteiger partial charge in [-0.05, 0) is 61.3 Å². The van der Waals surface area contributed by atoms with Gasteiger partial charge in [-0.3, -0.25) is 4.68 Å². The van der Waals surface area contributed by atoms with Crippen molar-refractivity contribution in [3.8, 4) is 0 Å². The zero-order chi connectivity index (χ0) is 16.6. The average Bonchev–Trinajstić information content (AvgIpc) is 3.25. The molecule has 4 rings (SSSR count). The molecule has 0 spiro atoms. The van der Waals surface area contributed by atoms with E-state index in [0.717, 1.165) is 38.6 Å². The van der Waals surface area contributed by atoms with E-state index in [2.05, 4.69) is 10.1 Å². The standard InChI is InChI=1S/C17H22N4O2S/c22-24(23,17-7-6-15-4-1-5-16(15)9-17)21-8-2-3-14(11-21)10-20-13-18-12-19-20/h6-7,9,12-14H,1-5,8,10-11H2/t14-/m1/s1. The molecule has 1 saturated heterocycles. The van der Waals surface area contributed by atoms with Crippen LogP contribution in [-0.4, -0.2) is 40.6 Å². The van der Waals surface area contributed by atoms with Gasteiger partial charge in [0.05, 0.1) is 4.90 Å². The molecule has 2 aliphatic rings. The Balaban J connectivity index is 1.53. The lowest BCUT2D eigenvalue weighted by molar-refractivity contribution is 0.239. The molecule has 24 heavy (non-hydrogen) atoms. The van der Waals surface area contributed by atoms with Crippen molar-refractivity contribution >= 4 is 10.0 Å². The Morgan fingerprint density at radius 3 is 2.88 bits per heavy atom. The van der Waals surface area contributed by atoms with E-state index >= 15 is 0 Å². The van der Waals surface area contributed by atoms with Gasteiger partial charge in [0.1, 0.15) is 12.7 Å². The van der Waals surface area contributed by atoms with E-state index in [9.17, 15) is 8.42 Å². The van der Waals surface area contributed by atoms with Crippen molar-refractivity contribution < 1.29 is 8.42 Å². The third kappa shape index (κ3) is 2.98. The molecule has 1 aliphatic heterocycles. The quantitative estimate of drug-likeness (QED) is 0.847. The van der Waals surface area contributed by atoms with E-state index in [0.29, 0.717) is 18.0 Å². The molecule has 0 saturated carbocycles. The smallest absolute Gasteiger partial charge is 0.243 e. The minimum atomic E-state index is -3.41. The van der Waals surface area contributed by atoms with Crippen molar-refractivity contribution in [1.29, 1.82) is 0 Å². The predicted molar refractivity (Wildman–Crippen MR) is 90.0 cm³/mol. The fourth-order valence-electron chi connectivity index (χ4n) is 3.84. The fraction of sp³-hybridized carbons (Fsp3) is 0.529. The molecule has 6 nitrogen and oxygen atoms in total. The minimum Gasteiger partial charge on any atom is -0.253 e. The molecule has 7 heteroatoms. The number of hydrogen-bond donors (Lipinski definition) is 0.